The smallest absolute Gasteiger partial charge is 0.244 e. The van der Waals surface area contributed by atoms with E-state index in [9.17, 15) is 18.0 Å². The maximum absolute atomic E-state index is 12.4. The van der Waals surface area contributed by atoms with E-state index < -0.39 is 15.3 Å². The number of thioether (sulfide) groups is 1. The van der Waals surface area contributed by atoms with Crippen molar-refractivity contribution in [1.29, 1.82) is 0 Å². The second-order valence-electron chi connectivity index (χ2n) is 5.97. The van der Waals surface area contributed by atoms with Crippen LogP contribution in [-0.4, -0.2) is 48.7 Å². The number of sulfonamides is 1. The zero-order valence-corrected chi connectivity index (χ0v) is 17.1. The van der Waals surface area contributed by atoms with Crippen molar-refractivity contribution in [1.82, 2.24) is 9.29 Å². The zero-order chi connectivity index (χ0) is 20.2. The van der Waals surface area contributed by atoms with Gasteiger partial charge in [-0.25, -0.2) is 17.7 Å². The molecular formula is C18H21N3O4S2. The number of carbonyl (C=O) groups excluding carboxylic acids is 2. The lowest BCUT2D eigenvalue weighted by Crippen LogP contribution is -2.24. The number of hydrogen-bond acceptors (Lipinski definition) is 6. The summed E-state index contributed by atoms with van der Waals surface area (Å²) >= 11 is 1.20. The highest BCUT2D eigenvalue weighted by Gasteiger charge is 2.20. The fourth-order valence-electron chi connectivity index (χ4n) is 2.17. The van der Waals surface area contributed by atoms with Crippen LogP contribution in [0, 0.1) is 0 Å². The number of nitrogens with zero attached hydrogens (tertiary/aromatic N) is 2. The van der Waals surface area contributed by atoms with Crippen LogP contribution in [0.25, 0.3) is 0 Å². The number of anilines is 1. The molecular weight excluding hydrogens is 386 g/mol. The van der Waals surface area contributed by atoms with Crippen LogP contribution in [0.15, 0.2) is 52.5 Å². The van der Waals surface area contributed by atoms with E-state index in [4.69, 9.17) is 0 Å². The summed E-state index contributed by atoms with van der Waals surface area (Å²) in [4.78, 5) is 28.3. The Morgan fingerprint density at radius 3 is 2.37 bits per heavy atom. The first-order chi connectivity index (χ1) is 12.6. The van der Waals surface area contributed by atoms with Gasteiger partial charge in [0.2, 0.25) is 15.9 Å². The molecule has 9 heteroatoms. The van der Waals surface area contributed by atoms with Gasteiger partial charge in [-0.05, 0) is 38.1 Å². The lowest BCUT2D eigenvalue weighted by Gasteiger charge is -2.14. The highest BCUT2D eigenvalue weighted by molar-refractivity contribution is 8.00. The standard InChI is InChI=1S/C18H21N3O4S2/c1-12(22)15-7-5-6-8-16(15)20-18(23)13(2)26-17-10-9-14(11-19-17)27(24,25)21(3)4/h5-11,13H,1-4H3,(H,20,23)/t13-/m1/s1. The van der Waals surface area contributed by atoms with Crippen LogP contribution in [-0.2, 0) is 14.8 Å². The molecule has 1 atom stereocenters. The highest BCUT2D eigenvalue weighted by atomic mass is 32.2. The molecule has 0 bridgehead atoms. The Hall–Kier alpha value is -2.23. The molecule has 1 amide bonds. The lowest BCUT2D eigenvalue weighted by atomic mass is 10.1. The first-order valence-corrected chi connectivity index (χ1v) is 10.4. The molecule has 1 aromatic carbocycles. The van der Waals surface area contributed by atoms with Crippen molar-refractivity contribution >= 4 is 39.2 Å². The quantitative estimate of drug-likeness (QED) is 0.560. The average molecular weight is 408 g/mol. The van der Waals surface area contributed by atoms with Crippen LogP contribution in [0.1, 0.15) is 24.2 Å². The monoisotopic (exact) mass is 407 g/mol. The van der Waals surface area contributed by atoms with Crippen molar-refractivity contribution in [2.45, 2.75) is 29.0 Å². The van der Waals surface area contributed by atoms with E-state index in [0.717, 1.165) is 4.31 Å². The summed E-state index contributed by atoms with van der Waals surface area (Å²) in [7, 11) is -0.646. The van der Waals surface area contributed by atoms with Crippen LogP contribution in [0.2, 0.25) is 0 Å². The molecule has 27 heavy (non-hydrogen) atoms. The van der Waals surface area contributed by atoms with Crippen molar-refractivity contribution < 1.29 is 18.0 Å². The van der Waals surface area contributed by atoms with Gasteiger partial charge >= 0.3 is 0 Å². The van der Waals surface area contributed by atoms with E-state index in [1.54, 1.807) is 37.3 Å². The Morgan fingerprint density at radius 2 is 1.81 bits per heavy atom. The number of para-hydroxylation sites is 1. The Labute approximate surface area is 163 Å². The number of Topliss-reactive ketones (excluding diaryl/α,β-unsaturated/α-hetero) is 1. The van der Waals surface area contributed by atoms with Crippen LogP contribution >= 0.6 is 11.8 Å². The molecule has 144 valence electrons. The Morgan fingerprint density at radius 1 is 1.15 bits per heavy atom. The van der Waals surface area contributed by atoms with Gasteiger partial charge in [0.05, 0.1) is 16.0 Å². The highest BCUT2D eigenvalue weighted by Crippen LogP contribution is 2.24. The van der Waals surface area contributed by atoms with Gasteiger partial charge in [-0.15, -0.1) is 0 Å². The summed E-state index contributed by atoms with van der Waals surface area (Å²) in [5.41, 5.74) is 0.905. The van der Waals surface area contributed by atoms with Gasteiger partial charge in [0, 0.05) is 25.9 Å². The predicted molar refractivity (Wildman–Crippen MR) is 106 cm³/mol. The number of nitrogens with one attached hydrogen (secondary N) is 1. The number of hydrogen-bond donors (Lipinski definition) is 1. The first kappa shape index (κ1) is 21.1. The third-order valence-corrected chi connectivity index (χ3v) is 6.57. The second-order valence-corrected chi connectivity index (χ2v) is 9.48. The maximum Gasteiger partial charge on any atom is 0.244 e. The molecule has 0 aliphatic heterocycles. The number of benzene rings is 1. The number of pyridine rings is 1. The Bertz CT molecular complexity index is 941. The third-order valence-electron chi connectivity index (χ3n) is 3.72. The molecule has 0 unspecified atom stereocenters. The SMILES string of the molecule is CC(=O)c1ccccc1NC(=O)[C@@H](C)Sc1ccc(S(=O)(=O)N(C)C)cn1. The van der Waals surface area contributed by atoms with Crippen molar-refractivity contribution in [3.63, 3.8) is 0 Å². The van der Waals surface area contributed by atoms with E-state index >= 15 is 0 Å². The summed E-state index contributed by atoms with van der Waals surface area (Å²) in [5.74, 6) is -0.411. The molecule has 0 saturated carbocycles. The molecule has 2 rings (SSSR count). The summed E-state index contributed by atoms with van der Waals surface area (Å²) in [6.07, 6.45) is 1.27. The van der Waals surface area contributed by atoms with E-state index in [0.29, 0.717) is 16.3 Å². The minimum atomic E-state index is -3.54. The fraction of sp³-hybridized carbons (Fsp3) is 0.278. The zero-order valence-electron chi connectivity index (χ0n) is 15.5. The second kappa shape index (κ2) is 8.64. The topological polar surface area (TPSA) is 96.4 Å². The van der Waals surface area contributed by atoms with Crippen LogP contribution < -0.4 is 5.32 Å². The third kappa shape index (κ3) is 5.15. The molecule has 0 radical (unpaired) electrons. The van der Waals surface area contributed by atoms with Crippen molar-refractivity contribution in [2.75, 3.05) is 19.4 Å². The molecule has 0 spiro atoms. The molecule has 0 fully saturated rings. The number of carbonyl (C=O) groups is 2. The van der Waals surface area contributed by atoms with Gasteiger partial charge in [0.25, 0.3) is 0 Å². The van der Waals surface area contributed by atoms with E-state index in [1.165, 1.54) is 45.0 Å². The van der Waals surface area contributed by atoms with Crippen molar-refractivity contribution in [3.8, 4) is 0 Å². The summed E-state index contributed by atoms with van der Waals surface area (Å²) in [5, 5.41) is 2.78. The molecule has 2 aromatic rings. The molecule has 1 aromatic heterocycles. The summed E-state index contributed by atoms with van der Waals surface area (Å²) in [6, 6.07) is 9.82. The van der Waals surface area contributed by atoms with Gasteiger partial charge in [-0.1, -0.05) is 23.9 Å². The number of ketones is 1. The summed E-state index contributed by atoms with van der Waals surface area (Å²) < 4.78 is 25.2. The fourth-order valence-corrected chi connectivity index (χ4v) is 3.80. The molecule has 0 saturated heterocycles. The van der Waals surface area contributed by atoms with Gasteiger partial charge in [0.1, 0.15) is 4.90 Å². The predicted octanol–water partition coefficient (Wildman–Crippen LogP) is 2.65. The number of aromatic nitrogens is 1. The average Bonchev–Trinajstić information content (AvgIpc) is 2.62. The molecule has 0 aliphatic rings. The molecule has 7 nitrogen and oxygen atoms in total. The Kier molecular flexibility index (Phi) is 6.74. The largest absolute Gasteiger partial charge is 0.324 e. The van der Waals surface area contributed by atoms with Crippen LogP contribution in [0.5, 0.6) is 0 Å². The number of rotatable bonds is 7. The van der Waals surface area contributed by atoms with Gasteiger partial charge in [-0.2, -0.15) is 0 Å². The van der Waals surface area contributed by atoms with Gasteiger partial charge < -0.3 is 5.32 Å². The minimum Gasteiger partial charge on any atom is -0.324 e. The van der Waals surface area contributed by atoms with Gasteiger partial charge in [-0.3, -0.25) is 9.59 Å². The summed E-state index contributed by atoms with van der Waals surface area (Å²) in [6.45, 7) is 3.15. The Balaban J connectivity index is 2.08. The maximum atomic E-state index is 12.4. The molecule has 1 N–H and O–H groups in total. The van der Waals surface area contributed by atoms with Crippen LogP contribution in [0.3, 0.4) is 0 Å². The van der Waals surface area contributed by atoms with E-state index in [1.807, 2.05) is 0 Å². The number of amides is 1. The van der Waals surface area contributed by atoms with E-state index in [2.05, 4.69) is 10.3 Å². The first-order valence-electron chi connectivity index (χ1n) is 8.09. The van der Waals surface area contributed by atoms with Crippen molar-refractivity contribution in [2.24, 2.45) is 0 Å². The minimum absolute atomic E-state index is 0.0874. The van der Waals surface area contributed by atoms with Crippen LogP contribution in [0.4, 0.5) is 5.69 Å². The normalized spacial score (nSPS) is 12.6. The van der Waals surface area contributed by atoms with E-state index in [-0.39, 0.29) is 16.6 Å². The van der Waals surface area contributed by atoms with Gasteiger partial charge in [0.15, 0.2) is 5.78 Å². The lowest BCUT2D eigenvalue weighted by molar-refractivity contribution is -0.115. The molecule has 1 heterocycles. The van der Waals surface area contributed by atoms with Crippen molar-refractivity contribution in [3.05, 3.63) is 48.2 Å². The molecule has 0 aliphatic carbocycles.